The van der Waals surface area contributed by atoms with Gasteiger partial charge in [-0.1, -0.05) is 64.4 Å². The summed E-state index contributed by atoms with van der Waals surface area (Å²) >= 11 is 0. The number of nitrogens with zero attached hydrogens (tertiary/aromatic N) is 1. The number of alkyl halides is 2. The first-order valence-corrected chi connectivity index (χ1v) is 15.9. The van der Waals surface area contributed by atoms with E-state index in [0.29, 0.717) is 12.0 Å². The van der Waals surface area contributed by atoms with Gasteiger partial charge in [0.2, 0.25) is 17.6 Å². The van der Waals surface area contributed by atoms with E-state index in [9.17, 15) is 33.9 Å². The van der Waals surface area contributed by atoms with Crippen LogP contribution in [0.1, 0.15) is 72.8 Å². The van der Waals surface area contributed by atoms with Gasteiger partial charge in [0.05, 0.1) is 12.1 Å². The number of carbonyl (C=O) groups is 6. The molecular formula is C33H46F2N4O8. The molecule has 1 aliphatic heterocycles. The Morgan fingerprint density at radius 3 is 2.21 bits per heavy atom. The number of ether oxygens (including phenoxy) is 1. The molecule has 47 heavy (non-hydrogen) atoms. The van der Waals surface area contributed by atoms with Gasteiger partial charge in [-0.3, -0.25) is 19.2 Å². The number of hydrogen-bond acceptors (Lipinski definition) is 7. The van der Waals surface area contributed by atoms with Crippen LogP contribution in [0.3, 0.4) is 0 Å². The first kappa shape index (κ1) is 37.4. The number of carboxylic acids is 1. The van der Waals surface area contributed by atoms with E-state index < -0.39 is 102 Å². The van der Waals surface area contributed by atoms with Crippen LogP contribution < -0.4 is 16.0 Å². The molecule has 0 aromatic heterocycles. The van der Waals surface area contributed by atoms with Gasteiger partial charge in [0.25, 0.3) is 11.8 Å². The molecule has 2 fully saturated rings. The second-order valence-electron chi connectivity index (χ2n) is 13.7. The summed E-state index contributed by atoms with van der Waals surface area (Å²) in [5.74, 6) is -10.8. The fraction of sp³-hybridized carbons (Fsp3) is 0.636. The molecule has 4 N–H and O–H groups in total. The highest BCUT2D eigenvalue weighted by atomic mass is 19.3. The first-order chi connectivity index (χ1) is 21.9. The average molecular weight is 665 g/mol. The van der Waals surface area contributed by atoms with Crippen LogP contribution >= 0.6 is 0 Å². The van der Waals surface area contributed by atoms with E-state index in [1.54, 1.807) is 71.9 Å². The zero-order chi connectivity index (χ0) is 35.3. The lowest BCUT2D eigenvalue weighted by Crippen LogP contribution is -2.60. The Morgan fingerprint density at radius 1 is 1.02 bits per heavy atom. The fourth-order valence-corrected chi connectivity index (χ4v) is 6.26. The Morgan fingerprint density at radius 2 is 1.66 bits per heavy atom. The number of ketones is 1. The maximum absolute atomic E-state index is 15.0. The molecule has 1 heterocycles. The maximum Gasteiger partial charge on any atom is 0.408 e. The van der Waals surface area contributed by atoms with Gasteiger partial charge in [-0.15, -0.1) is 0 Å². The Labute approximate surface area is 273 Å². The molecule has 0 bridgehead atoms. The van der Waals surface area contributed by atoms with Crippen molar-refractivity contribution in [1.82, 2.24) is 20.9 Å². The molecule has 14 heteroatoms. The third-order valence-electron chi connectivity index (χ3n) is 8.59. The zero-order valence-corrected chi connectivity index (χ0v) is 27.7. The molecule has 4 amide bonds. The van der Waals surface area contributed by atoms with E-state index >= 15 is 8.78 Å². The number of hydrogen-bond donors (Lipinski definition) is 4. The number of Topliss-reactive ketones (excluding diaryl/α,β-unsaturated/α-hetero) is 1. The van der Waals surface area contributed by atoms with Crippen molar-refractivity contribution >= 4 is 35.6 Å². The lowest BCUT2D eigenvalue weighted by Gasteiger charge is -2.36. The van der Waals surface area contributed by atoms with E-state index in [1.807, 2.05) is 0 Å². The highest BCUT2D eigenvalue weighted by Crippen LogP contribution is 2.51. The van der Waals surface area contributed by atoms with Gasteiger partial charge < -0.3 is 30.7 Å². The number of nitrogens with one attached hydrogen (secondary N) is 3. The van der Waals surface area contributed by atoms with Crippen LogP contribution in [-0.2, 0) is 35.1 Å². The summed E-state index contributed by atoms with van der Waals surface area (Å²) in [6.07, 6.45) is -1.68. The Hall–Kier alpha value is -4.10. The number of benzene rings is 1. The average Bonchev–Trinajstić information content (AvgIpc) is 3.51. The molecule has 0 spiro atoms. The third-order valence-corrected chi connectivity index (χ3v) is 8.59. The number of rotatable bonds is 13. The van der Waals surface area contributed by atoms with Crippen LogP contribution in [-0.4, -0.2) is 88.3 Å². The van der Waals surface area contributed by atoms with Crippen molar-refractivity contribution in [2.45, 2.75) is 110 Å². The molecule has 260 valence electrons. The molecule has 1 aliphatic carbocycles. The molecule has 2 unspecified atom stereocenters. The molecule has 1 aromatic rings. The number of carboxylic acid groups (broad SMARTS) is 1. The van der Waals surface area contributed by atoms with Crippen LogP contribution in [0, 0.1) is 17.3 Å². The lowest BCUT2D eigenvalue weighted by molar-refractivity contribution is -0.146. The summed E-state index contributed by atoms with van der Waals surface area (Å²) in [7, 11) is 0. The quantitative estimate of drug-likeness (QED) is 0.233. The van der Waals surface area contributed by atoms with Crippen LogP contribution in [0.2, 0.25) is 0 Å². The van der Waals surface area contributed by atoms with Crippen molar-refractivity contribution in [3.8, 4) is 0 Å². The first-order valence-electron chi connectivity index (χ1n) is 15.9. The van der Waals surface area contributed by atoms with Gasteiger partial charge in [0, 0.05) is 25.3 Å². The normalized spacial score (nSPS) is 22.1. The SMILES string of the molecule is CCCC(NC(=O)C1[C@H]2CCC(F)(F)[C@H]2CN1C(=O)[C@@H](NC(=O)OC(C)C)C(C)(C)C)C(=O)C(=O)N[C@H](Cc1ccccc1)C(=O)O. The van der Waals surface area contributed by atoms with Gasteiger partial charge in [-0.25, -0.2) is 18.4 Å². The van der Waals surface area contributed by atoms with E-state index in [2.05, 4.69) is 16.0 Å². The van der Waals surface area contributed by atoms with E-state index in [-0.39, 0.29) is 19.3 Å². The molecule has 3 rings (SSSR count). The fourth-order valence-electron chi connectivity index (χ4n) is 6.26. The van der Waals surface area contributed by atoms with Crippen molar-refractivity contribution in [2.24, 2.45) is 17.3 Å². The van der Waals surface area contributed by atoms with E-state index in [0.717, 1.165) is 4.90 Å². The second kappa shape index (κ2) is 15.2. The molecule has 0 radical (unpaired) electrons. The number of amides is 4. The standard InChI is InChI=1S/C33H46F2N4O8/c1-7-11-22(25(40)28(42)37-23(30(44)45)16-19-12-9-8-10-13-19)36-27(41)24-20-14-15-33(34,35)21(20)17-39(24)29(43)26(32(4,5)6)38-31(46)47-18(2)3/h8-10,12-13,18,20-24,26H,7,11,14-17H2,1-6H3,(H,36,41)(H,37,42)(H,38,46)(H,44,45)/t20-,21-,22?,23+,24?,26+/m0/s1. The molecular weight excluding hydrogens is 618 g/mol. The Kier molecular flexibility index (Phi) is 12.1. The number of likely N-dealkylation sites (tertiary alicyclic amines) is 1. The van der Waals surface area contributed by atoms with Crippen molar-refractivity contribution in [3.05, 3.63) is 35.9 Å². The molecule has 6 atom stereocenters. The monoisotopic (exact) mass is 664 g/mol. The minimum absolute atomic E-state index is 0.00739. The highest BCUT2D eigenvalue weighted by molar-refractivity contribution is 6.38. The molecule has 1 saturated carbocycles. The third kappa shape index (κ3) is 9.25. The van der Waals surface area contributed by atoms with Gasteiger partial charge in [0.15, 0.2) is 0 Å². The Balaban J connectivity index is 1.86. The van der Waals surface area contributed by atoms with Crippen molar-refractivity contribution < 1.29 is 47.4 Å². The van der Waals surface area contributed by atoms with Crippen LogP contribution in [0.4, 0.5) is 13.6 Å². The zero-order valence-electron chi connectivity index (χ0n) is 27.7. The highest BCUT2D eigenvalue weighted by Gasteiger charge is 2.61. The molecule has 12 nitrogen and oxygen atoms in total. The van der Waals surface area contributed by atoms with Gasteiger partial charge in [-0.05, 0) is 43.6 Å². The van der Waals surface area contributed by atoms with Crippen LogP contribution in [0.25, 0.3) is 0 Å². The summed E-state index contributed by atoms with van der Waals surface area (Å²) in [6.45, 7) is 9.50. The predicted molar refractivity (Wildman–Crippen MR) is 166 cm³/mol. The summed E-state index contributed by atoms with van der Waals surface area (Å²) in [6, 6.07) is 3.00. The van der Waals surface area contributed by atoms with E-state index in [4.69, 9.17) is 4.74 Å². The maximum atomic E-state index is 15.0. The number of fused-ring (bicyclic) bond motifs is 1. The van der Waals surface area contributed by atoms with Crippen molar-refractivity contribution in [2.75, 3.05) is 6.54 Å². The van der Waals surface area contributed by atoms with Crippen molar-refractivity contribution in [3.63, 3.8) is 0 Å². The number of halogens is 2. The summed E-state index contributed by atoms with van der Waals surface area (Å²) in [5.41, 5.74) is -0.298. The molecule has 2 aliphatic rings. The van der Waals surface area contributed by atoms with Gasteiger partial charge in [-0.2, -0.15) is 0 Å². The molecule has 1 aromatic carbocycles. The van der Waals surface area contributed by atoms with E-state index in [1.165, 1.54) is 0 Å². The minimum atomic E-state index is -3.15. The lowest BCUT2D eigenvalue weighted by atomic mass is 9.85. The number of alkyl carbamates (subject to hydrolysis) is 1. The number of aliphatic carboxylic acids is 1. The summed E-state index contributed by atoms with van der Waals surface area (Å²) in [4.78, 5) is 79.6. The summed E-state index contributed by atoms with van der Waals surface area (Å²) < 4.78 is 35.2. The number of carbonyl (C=O) groups excluding carboxylic acids is 5. The van der Waals surface area contributed by atoms with Gasteiger partial charge in [0.1, 0.15) is 18.1 Å². The largest absolute Gasteiger partial charge is 0.480 e. The van der Waals surface area contributed by atoms with Gasteiger partial charge >= 0.3 is 12.1 Å². The Bertz CT molecular complexity index is 1330. The predicted octanol–water partition coefficient (Wildman–Crippen LogP) is 3.07. The summed E-state index contributed by atoms with van der Waals surface area (Å²) in [5, 5.41) is 16.9. The molecule has 1 saturated heterocycles. The van der Waals surface area contributed by atoms with Crippen molar-refractivity contribution in [1.29, 1.82) is 0 Å². The minimum Gasteiger partial charge on any atom is -0.480 e. The van der Waals surface area contributed by atoms with Crippen LogP contribution in [0.15, 0.2) is 30.3 Å². The second-order valence-corrected chi connectivity index (χ2v) is 13.7. The topological polar surface area (TPSA) is 171 Å². The smallest absolute Gasteiger partial charge is 0.408 e. The van der Waals surface area contributed by atoms with Crippen LogP contribution in [0.5, 0.6) is 0 Å².